The highest BCUT2D eigenvalue weighted by Gasteiger charge is 2.25. The monoisotopic (exact) mass is 262 g/mol. The second-order valence-electron chi connectivity index (χ2n) is 3.72. The lowest BCUT2D eigenvalue weighted by Gasteiger charge is -2.10. The van der Waals surface area contributed by atoms with Gasteiger partial charge in [0.25, 0.3) is 10.6 Å². The number of nitrogens with zero attached hydrogens (tertiary/aromatic N) is 2. The van der Waals surface area contributed by atoms with Crippen molar-refractivity contribution in [2.24, 2.45) is 0 Å². The van der Waals surface area contributed by atoms with Crippen LogP contribution in [-0.2, 0) is 4.84 Å². The average Bonchev–Trinajstić information content (AvgIpc) is 2.39. The molecular formula is C12H10N2O5. The van der Waals surface area contributed by atoms with Crippen molar-refractivity contribution in [1.82, 2.24) is 0 Å². The molecule has 0 spiro atoms. The van der Waals surface area contributed by atoms with Crippen LogP contribution in [0.1, 0.15) is 6.92 Å². The quantitative estimate of drug-likeness (QED) is 0.621. The summed E-state index contributed by atoms with van der Waals surface area (Å²) in [6, 6.07) is 7.13. The molecular weight excluding hydrogens is 252 g/mol. The summed E-state index contributed by atoms with van der Waals surface area (Å²) in [5, 5.41) is 23.2. The molecule has 0 aliphatic carbocycles. The van der Waals surface area contributed by atoms with Gasteiger partial charge in [-0.15, -0.1) is 0 Å². The van der Waals surface area contributed by atoms with Crippen LogP contribution in [0, 0.1) is 15.0 Å². The molecule has 0 heterocycles. The molecule has 0 aromatic heterocycles. The number of nitro groups is 1. The highest BCUT2D eigenvalue weighted by Crippen LogP contribution is 2.38. The van der Waals surface area contributed by atoms with Crippen molar-refractivity contribution in [3.63, 3.8) is 0 Å². The van der Waals surface area contributed by atoms with E-state index >= 15 is 0 Å². The van der Waals surface area contributed by atoms with Crippen LogP contribution in [0.15, 0.2) is 30.3 Å². The summed E-state index contributed by atoms with van der Waals surface area (Å²) in [6.45, 7) is 1.73. The van der Waals surface area contributed by atoms with E-state index in [4.69, 9.17) is 4.84 Å². The highest BCUT2D eigenvalue weighted by molar-refractivity contribution is 5.97. The highest BCUT2D eigenvalue weighted by atomic mass is 16.8. The third kappa shape index (κ3) is 2.17. The van der Waals surface area contributed by atoms with Crippen molar-refractivity contribution in [1.29, 1.82) is 0 Å². The van der Waals surface area contributed by atoms with Gasteiger partial charge in [-0.25, -0.2) is 4.84 Å². The first-order valence-electron chi connectivity index (χ1n) is 5.53. The van der Waals surface area contributed by atoms with Crippen LogP contribution in [0.3, 0.4) is 0 Å². The van der Waals surface area contributed by atoms with Crippen LogP contribution >= 0.6 is 0 Å². The second-order valence-corrected chi connectivity index (χ2v) is 3.72. The van der Waals surface area contributed by atoms with Gasteiger partial charge in [0.15, 0.2) is 6.61 Å². The normalized spacial score (nSPS) is 10.4. The Balaban J connectivity index is 2.78. The molecule has 0 aliphatic heterocycles. The fourth-order valence-corrected chi connectivity index (χ4v) is 1.79. The Bertz CT molecular complexity index is 668. The first-order valence-corrected chi connectivity index (χ1v) is 5.53. The number of benzene rings is 2. The Morgan fingerprint density at radius 2 is 1.79 bits per heavy atom. The molecule has 0 fully saturated rings. The summed E-state index contributed by atoms with van der Waals surface area (Å²) < 4.78 is 0. The number of hydrogen-bond acceptors (Lipinski definition) is 5. The number of hydrogen-bond donors (Lipinski definition) is 0. The summed E-state index contributed by atoms with van der Waals surface area (Å²) >= 11 is 0. The van der Waals surface area contributed by atoms with E-state index in [1.807, 2.05) is 0 Å². The Morgan fingerprint density at radius 3 is 2.37 bits per heavy atom. The van der Waals surface area contributed by atoms with Gasteiger partial charge in [0, 0.05) is 0 Å². The third-order valence-corrected chi connectivity index (χ3v) is 2.59. The SMILES string of the molecule is CCO[N+](=O)c1cc([N+](=O)[O-])c([O-])c2ccccc12. The zero-order chi connectivity index (χ0) is 14.0. The van der Waals surface area contributed by atoms with Gasteiger partial charge in [-0.3, -0.25) is 10.1 Å². The van der Waals surface area contributed by atoms with Crippen LogP contribution < -0.4 is 5.11 Å². The third-order valence-electron chi connectivity index (χ3n) is 2.59. The zero-order valence-corrected chi connectivity index (χ0v) is 10.0. The molecule has 0 radical (unpaired) electrons. The lowest BCUT2D eigenvalue weighted by Crippen LogP contribution is -2.05. The van der Waals surface area contributed by atoms with E-state index < -0.39 is 16.4 Å². The van der Waals surface area contributed by atoms with Gasteiger partial charge in [-0.1, -0.05) is 18.2 Å². The Hall–Kier alpha value is -2.70. The zero-order valence-electron chi connectivity index (χ0n) is 10.0. The smallest absolute Gasteiger partial charge is 0.331 e. The minimum Gasteiger partial charge on any atom is -0.867 e. The van der Waals surface area contributed by atoms with Crippen molar-refractivity contribution in [2.45, 2.75) is 6.92 Å². The van der Waals surface area contributed by atoms with Gasteiger partial charge in [-0.2, -0.15) is 0 Å². The number of rotatable bonds is 4. The first-order chi connectivity index (χ1) is 9.06. The molecule has 2 rings (SSSR count). The van der Waals surface area contributed by atoms with Crippen molar-refractivity contribution < 1.29 is 19.8 Å². The predicted molar refractivity (Wildman–Crippen MR) is 65.0 cm³/mol. The van der Waals surface area contributed by atoms with Crippen LogP contribution in [0.5, 0.6) is 5.75 Å². The maximum absolute atomic E-state index is 11.9. The van der Waals surface area contributed by atoms with E-state index in [1.54, 1.807) is 25.1 Å². The lowest BCUT2D eigenvalue weighted by atomic mass is 10.1. The molecule has 0 bridgehead atoms. The molecule has 7 heteroatoms. The van der Waals surface area contributed by atoms with Gasteiger partial charge < -0.3 is 5.11 Å². The summed E-state index contributed by atoms with van der Waals surface area (Å²) in [5.41, 5.74) is -0.696. The standard InChI is InChI=1S/C12H10N2O5/c1-2-19-14(18)10-7-11(13(16)17)12(15)9-6-4-3-5-8(9)10/h3-7H,2H2,1H3. The predicted octanol–water partition coefficient (Wildman–Crippen LogP) is 2.18. The van der Waals surface area contributed by atoms with Gasteiger partial charge >= 0.3 is 5.69 Å². The summed E-state index contributed by atoms with van der Waals surface area (Å²) in [4.78, 5) is 26.7. The molecule has 0 unspecified atom stereocenters. The largest absolute Gasteiger partial charge is 0.867 e. The molecule has 0 saturated heterocycles. The van der Waals surface area contributed by atoms with Crippen LogP contribution in [0.25, 0.3) is 10.8 Å². The van der Waals surface area contributed by atoms with E-state index in [1.165, 1.54) is 6.07 Å². The van der Waals surface area contributed by atoms with E-state index in [9.17, 15) is 20.1 Å². The Morgan fingerprint density at radius 1 is 1.16 bits per heavy atom. The molecule has 0 amide bonds. The molecule has 0 N–H and O–H groups in total. The minimum atomic E-state index is -0.807. The van der Waals surface area contributed by atoms with E-state index in [0.29, 0.717) is 5.39 Å². The molecule has 0 atom stereocenters. The maximum atomic E-state index is 11.9. The van der Waals surface area contributed by atoms with Gasteiger partial charge in [0.2, 0.25) is 0 Å². The maximum Gasteiger partial charge on any atom is 0.331 e. The van der Waals surface area contributed by atoms with Gasteiger partial charge in [-0.05, 0) is 24.1 Å². The molecule has 0 saturated carbocycles. The topological polar surface area (TPSA) is 95.5 Å². The molecule has 2 aromatic carbocycles. The number of fused-ring (bicyclic) bond motifs is 1. The summed E-state index contributed by atoms with van der Waals surface area (Å²) in [6.07, 6.45) is 0. The summed E-state index contributed by atoms with van der Waals surface area (Å²) in [5.74, 6) is -0.714. The Labute approximate surface area is 107 Å². The molecule has 0 aliphatic rings. The van der Waals surface area contributed by atoms with Crippen molar-refractivity contribution in [3.8, 4) is 5.75 Å². The molecule has 19 heavy (non-hydrogen) atoms. The number of nitro benzene ring substituents is 1. The fourth-order valence-electron chi connectivity index (χ4n) is 1.79. The van der Waals surface area contributed by atoms with Crippen molar-refractivity contribution >= 4 is 22.1 Å². The minimum absolute atomic E-state index is 0.0521. The van der Waals surface area contributed by atoms with Gasteiger partial charge in [0.05, 0.1) is 21.3 Å². The fraction of sp³-hybridized carbons (Fsp3) is 0.167. The van der Waals surface area contributed by atoms with E-state index in [-0.39, 0.29) is 22.6 Å². The van der Waals surface area contributed by atoms with Crippen molar-refractivity contribution in [2.75, 3.05) is 6.61 Å². The molecule has 2 aromatic rings. The first kappa shape index (κ1) is 12.7. The lowest BCUT2D eigenvalue weighted by molar-refractivity contribution is -0.743. The van der Waals surface area contributed by atoms with Crippen LogP contribution in [0.4, 0.5) is 11.4 Å². The average molecular weight is 262 g/mol. The van der Waals surface area contributed by atoms with Crippen LogP contribution in [0.2, 0.25) is 0 Å². The summed E-state index contributed by atoms with van der Waals surface area (Å²) in [7, 11) is 0. The second kappa shape index (κ2) is 4.89. The van der Waals surface area contributed by atoms with E-state index in [2.05, 4.69) is 0 Å². The molecule has 7 nitrogen and oxygen atoms in total. The molecule has 98 valence electrons. The van der Waals surface area contributed by atoms with Crippen molar-refractivity contribution in [3.05, 3.63) is 45.4 Å². The Kier molecular flexibility index (Phi) is 3.28. The van der Waals surface area contributed by atoms with Crippen LogP contribution in [-0.4, -0.2) is 16.5 Å². The van der Waals surface area contributed by atoms with Gasteiger partial charge in [0.1, 0.15) is 0 Å². The van der Waals surface area contributed by atoms with E-state index in [0.717, 1.165) is 6.07 Å².